The van der Waals surface area contributed by atoms with Crippen LogP contribution in [0.15, 0.2) is 60.7 Å². The second kappa shape index (κ2) is 11.1. The molecule has 1 saturated carbocycles. The predicted molar refractivity (Wildman–Crippen MR) is 169 cm³/mol. The number of alkyl halides is 2. The number of benzene rings is 3. The summed E-state index contributed by atoms with van der Waals surface area (Å²) in [4.78, 5) is 51.8. The summed E-state index contributed by atoms with van der Waals surface area (Å²) in [6.07, 6.45) is 2.42. The predicted octanol–water partition coefficient (Wildman–Crippen LogP) is 7.15. The minimum absolute atomic E-state index is 0.0112. The highest BCUT2D eigenvalue weighted by molar-refractivity contribution is 6.58. The van der Waals surface area contributed by atoms with Gasteiger partial charge in [0.2, 0.25) is 17.6 Å². The van der Waals surface area contributed by atoms with Gasteiger partial charge in [-0.05, 0) is 54.2 Å². The van der Waals surface area contributed by atoms with Crippen molar-refractivity contribution in [3.05, 3.63) is 106 Å². The van der Waals surface area contributed by atoms with Gasteiger partial charge in [-0.2, -0.15) is 0 Å². The van der Waals surface area contributed by atoms with Crippen LogP contribution in [0.3, 0.4) is 0 Å². The first-order valence-electron chi connectivity index (χ1n) is 14.7. The molecule has 3 fully saturated rings. The van der Waals surface area contributed by atoms with Crippen LogP contribution in [0.5, 0.6) is 5.75 Å². The van der Waals surface area contributed by atoms with Crippen LogP contribution in [-0.2, 0) is 19.2 Å². The fourth-order valence-corrected chi connectivity index (χ4v) is 8.89. The highest BCUT2D eigenvalue weighted by Gasteiger charge is 2.77. The van der Waals surface area contributed by atoms with Crippen LogP contribution < -0.4 is 9.80 Å². The van der Waals surface area contributed by atoms with Crippen molar-refractivity contribution in [2.75, 3.05) is 9.80 Å². The molecular formula is C34H20Cl3F5N2O5. The number of amides is 4. The van der Waals surface area contributed by atoms with Crippen molar-refractivity contribution in [1.82, 2.24) is 0 Å². The summed E-state index contributed by atoms with van der Waals surface area (Å²) in [5.74, 6) is -21.9. The molecule has 49 heavy (non-hydrogen) atoms. The summed E-state index contributed by atoms with van der Waals surface area (Å²) in [6.45, 7) is 3.68. The Labute approximate surface area is 289 Å². The number of phenols is 1. The first kappa shape index (κ1) is 33.2. The van der Waals surface area contributed by atoms with Crippen LogP contribution in [0.25, 0.3) is 6.08 Å². The maximum atomic E-state index is 15.2. The Balaban J connectivity index is 1.43. The van der Waals surface area contributed by atoms with Gasteiger partial charge in [0.15, 0.2) is 33.0 Å². The molecule has 6 unspecified atom stereocenters. The number of allylic oxidation sites excluding steroid dienone is 2. The molecule has 2 aliphatic carbocycles. The smallest absolute Gasteiger partial charge is 0.258 e. The van der Waals surface area contributed by atoms with Crippen molar-refractivity contribution in [2.45, 2.75) is 28.5 Å². The lowest BCUT2D eigenvalue weighted by Gasteiger charge is -2.50. The number of rotatable bonds is 4. The Kier molecular flexibility index (Phi) is 7.55. The largest absolute Gasteiger partial charge is 0.508 e. The van der Waals surface area contributed by atoms with Gasteiger partial charge in [0.25, 0.3) is 11.8 Å². The Morgan fingerprint density at radius 2 is 1.43 bits per heavy atom. The zero-order valence-corrected chi connectivity index (χ0v) is 26.9. The number of aromatic hydroxyl groups is 1. The van der Waals surface area contributed by atoms with E-state index in [1.165, 1.54) is 12.1 Å². The van der Waals surface area contributed by atoms with Gasteiger partial charge in [-0.25, -0.2) is 26.9 Å². The Bertz CT molecular complexity index is 2070. The topological polar surface area (TPSA) is 95.0 Å². The molecule has 0 aromatic heterocycles. The van der Waals surface area contributed by atoms with Crippen molar-refractivity contribution in [2.24, 2.45) is 17.8 Å². The van der Waals surface area contributed by atoms with E-state index >= 15 is 8.78 Å². The second-order valence-corrected chi connectivity index (χ2v) is 13.9. The number of nitrogens with zero attached hydrogens (tertiary/aromatic N) is 2. The number of imide groups is 2. The van der Waals surface area contributed by atoms with E-state index in [-0.39, 0.29) is 38.9 Å². The lowest BCUT2D eigenvalue weighted by Crippen LogP contribution is -2.60. The van der Waals surface area contributed by atoms with Gasteiger partial charge in [0.1, 0.15) is 11.4 Å². The highest BCUT2D eigenvalue weighted by Crippen LogP contribution is 2.66. The van der Waals surface area contributed by atoms with Crippen LogP contribution in [-0.4, -0.2) is 38.5 Å². The number of fused-ring (bicyclic) bond motifs is 4. The molecule has 3 aromatic carbocycles. The second-order valence-electron chi connectivity index (χ2n) is 12.2. The van der Waals surface area contributed by atoms with Gasteiger partial charge >= 0.3 is 0 Å². The van der Waals surface area contributed by atoms with Gasteiger partial charge < -0.3 is 5.11 Å². The first-order chi connectivity index (χ1) is 23.1. The number of hydrogen-bond donors (Lipinski definition) is 1. The molecule has 7 rings (SSSR count). The zero-order chi connectivity index (χ0) is 35.5. The number of halogens is 8. The van der Waals surface area contributed by atoms with Crippen LogP contribution >= 0.6 is 34.8 Å². The Morgan fingerprint density at radius 3 is 2.02 bits per heavy atom. The van der Waals surface area contributed by atoms with Crippen molar-refractivity contribution in [3.8, 4) is 5.75 Å². The lowest BCUT2D eigenvalue weighted by atomic mass is 9.56. The van der Waals surface area contributed by atoms with Gasteiger partial charge in [0.05, 0.1) is 17.5 Å². The molecule has 2 heterocycles. The molecule has 7 nitrogen and oxygen atoms in total. The van der Waals surface area contributed by atoms with E-state index in [9.17, 15) is 37.5 Å². The van der Waals surface area contributed by atoms with Crippen LogP contribution in [0.1, 0.15) is 29.9 Å². The van der Waals surface area contributed by atoms with Crippen LogP contribution in [0, 0.1) is 46.8 Å². The van der Waals surface area contributed by atoms with E-state index in [1.54, 1.807) is 36.4 Å². The number of phenolic OH excluding ortho intramolecular Hbond substituents is 1. The number of hydrogen-bond acceptors (Lipinski definition) is 5. The maximum Gasteiger partial charge on any atom is 0.258 e. The quantitative estimate of drug-likeness (QED) is 0.0767. The Hall–Kier alpha value is -4.26. The fraction of sp³-hybridized carbons (Fsp3) is 0.235. The monoisotopic (exact) mass is 736 g/mol. The molecule has 3 aromatic rings. The van der Waals surface area contributed by atoms with Gasteiger partial charge in [-0.3, -0.25) is 24.1 Å². The number of carbonyl (C=O) groups excluding carboxylic acids is 4. The molecule has 0 radical (unpaired) electrons. The summed E-state index contributed by atoms with van der Waals surface area (Å²) in [7, 11) is 0. The zero-order valence-electron chi connectivity index (χ0n) is 24.6. The summed E-state index contributed by atoms with van der Waals surface area (Å²) in [6, 6.07) is 9.90. The minimum Gasteiger partial charge on any atom is -0.508 e. The molecule has 252 valence electrons. The third-order valence-electron chi connectivity index (χ3n) is 9.90. The van der Waals surface area contributed by atoms with E-state index in [1.807, 2.05) is 0 Å². The molecule has 15 heteroatoms. The third-order valence-corrected chi connectivity index (χ3v) is 11.6. The lowest BCUT2D eigenvalue weighted by molar-refractivity contribution is -0.125. The number of carbonyl (C=O) groups is 4. The van der Waals surface area contributed by atoms with E-state index in [2.05, 4.69) is 6.58 Å². The van der Waals surface area contributed by atoms with E-state index < -0.39 is 98.2 Å². The van der Waals surface area contributed by atoms with Crippen molar-refractivity contribution in [1.29, 1.82) is 0 Å². The molecule has 2 saturated heterocycles. The number of anilines is 2. The van der Waals surface area contributed by atoms with Gasteiger partial charge in [0, 0.05) is 10.9 Å². The standard InChI is InChI=1S/C34H20Cl3F5N2O5/c1-2-13-3-5-14(6-4-13)43-29(46)18-10-9-16-19(21(18)30(43)47)12-33(36)31(48)44(28-26(41)24(39)23(38)25(40)27(28)42)32(49)34(33,37)22(16)17-8-7-15(45)11-20(17)35/h2-9,11,18-19,21-22,45H,1,10,12H2. The first-order valence-corrected chi connectivity index (χ1v) is 15.8. The van der Waals surface area contributed by atoms with E-state index in [4.69, 9.17) is 34.8 Å². The minimum atomic E-state index is -2.73. The summed E-state index contributed by atoms with van der Waals surface area (Å²) < 4.78 is 73.1. The van der Waals surface area contributed by atoms with E-state index in [0.29, 0.717) is 0 Å². The van der Waals surface area contributed by atoms with Gasteiger partial charge in [-0.1, -0.05) is 54.1 Å². The van der Waals surface area contributed by atoms with E-state index in [0.717, 1.165) is 16.5 Å². The average Bonchev–Trinajstić information content (AvgIpc) is 3.41. The molecule has 1 N–H and O–H groups in total. The molecule has 0 spiro atoms. The van der Waals surface area contributed by atoms with Crippen molar-refractivity contribution >= 4 is 75.9 Å². The maximum absolute atomic E-state index is 15.2. The summed E-state index contributed by atoms with van der Waals surface area (Å²) in [5.41, 5.74) is -0.696. The normalized spacial score (nSPS) is 29.2. The molecule has 2 aliphatic heterocycles. The average molecular weight is 738 g/mol. The van der Waals surface area contributed by atoms with Crippen molar-refractivity contribution in [3.63, 3.8) is 0 Å². The molecular weight excluding hydrogens is 718 g/mol. The Morgan fingerprint density at radius 1 is 0.816 bits per heavy atom. The molecule has 0 bridgehead atoms. The van der Waals surface area contributed by atoms with Crippen molar-refractivity contribution < 1.29 is 46.2 Å². The van der Waals surface area contributed by atoms with Gasteiger partial charge in [-0.15, -0.1) is 23.2 Å². The van der Waals surface area contributed by atoms with Crippen LogP contribution in [0.4, 0.5) is 33.3 Å². The van der Waals surface area contributed by atoms with Crippen LogP contribution in [0.2, 0.25) is 5.02 Å². The SMILES string of the molecule is C=Cc1ccc(N2C(=O)C3CC=C4C(CC5(Cl)C(=O)N(c6c(F)c(F)c(F)c(F)c6F)C(=O)C5(Cl)C4c4ccc(O)cc4Cl)C3C2=O)cc1. The third kappa shape index (κ3) is 4.26. The highest BCUT2D eigenvalue weighted by atomic mass is 35.5. The molecule has 4 aliphatic rings. The molecule has 6 atom stereocenters. The summed E-state index contributed by atoms with van der Waals surface area (Å²) >= 11 is 20.7. The summed E-state index contributed by atoms with van der Waals surface area (Å²) in [5, 5.41) is 9.89. The fourth-order valence-electron chi connectivity index (χ4n) is 7.68. The molecule has 4 amide bonds.